The Morgan fingerprint density at radius 3 is 3.10 bits per heavy atom. The van der Waals surface area contributed by atoms with E-state index in [1.165, 1.54) is 11.5 Å². The van der Waals surface area contributed by atoms with Crippen LogP contribution >= 0.6 is 11.5 Å². The number of likely N-dealkylation sites (N-methyl/N-ethyl adjacent to an activating group) is 1. The van der Waals surface area contributed by atoms with Crippen molar-refractivity contribution in [1.29, 1.82) is 0 Å². The third kappa shape index (κ3) is 2.62. The zero-order valence-electron chi connectivity index (χ0n) is 11.7. The summed E-state index contributed by atoms with van der Waals surface area (Å²) in [5, 5.41) is 4.04. The maximum Gasteiger partial charge on any atom is 0.321 e. The van der Waals surface area contributed by atoms with Crippen molar-refractivity contribution in [3.05, 3.63) is 24.4 Å². The van der Waals surface area contributed by atoms with Gasteiger partial charge in [0.25, 0.3) is 0 Å². The SMILES string of the molecule is CN(C)C1CCN(C(=O)Nc2ccc3sncc3c2)C1. The number of urea groups is 1. The van der Waals surface area contributed by atoms with E-state index in [9.17, 15) is 4.79 Å². The van der Waals surface area contributed by atoms with Gasteiger partial charge in [-0.3, -0.25) is 0 Å². The standard InChI is InChI=1S/C14H18N4OS/c1-17(2)12-5-6-18(9-12)14(19)16-11-3-4-13-10(7-11)8-15-20-13/h3-4,7-8,12H,5-6,9H2,1-2H3,(H,16,19). The van der Waals surface area contributed by atoms with Gasteiger partial charge in [-0.1, -0.05) is 0 Å². The van der Waals surface area contributed by atoms with Gasteiger partial charge >= 0.3 is 6.03 Å². The third-order valence-corrected chi connectivity index (χ3v) is 4.56. The maximum absolute atomic E-state index is 12.2. The van der Waals surface area contributed by atoms with Crippen molar-refractivity contribution in [3.8, 4) is 0 Å². The van der Waals surface area contributed by atoms with Crippen molar-refractivity contribution in [3.63, 3.8) is 0 Å². The Bertz CT molecular complexity index is 624. The molecule has 106 valence electrons. The summed E-state index contributed by atoms with van der Waals surface area (Å²) in [6, 6.07) is 6.34. The van der Waals surface area contributed by atoms with Gasteiger partial charge in [0, 0.05) is 36.4 Å². The molecule has 0 aliphatic carbocycles. The van der Waals surface area contributed by atoms with E-state index >= 15 is 0 Å². The fraction of sp³-hybridized carbons (Fsp3) is 0.429. The van der Waals surface area contributed by atoms with Crippen LogP contribution in [-0.4, -0.2) is 53.4 Å². The van der Waals surface area contributed by atoms with Crippen LogP contribution in [-0.2, 0) is 0 Å². The van der Waals surface area contributed by atoms with E-state index in [0.717, 1.165) is 35.3 Å². The average molecular weight is 290 g/mol. The Labute approximate surface area is 122 Å². The van der Waals surface area contributed by atoms with Gasteiger partial charge in [-0.15, -0.1) is 0 Å². The summed E-state index contributed by atoms with van der Waals surface area (Å²) in [5.41, 5.74) is 0.830. The van der Waals surface area contributed by atoms with Crippen molar-refractivity contribution < 1.29 is 4.79 Å². The van der Waals surface area contributed by atoms with Gasteiger partial charge in [0.2, 0.25) is 0 Å². The first-order valence-corrected chi connectivity index (χ1v) is 7.47. The molecule has 1 fully saturated rings. The van der Waals surface area contributed by atoms with Crippen molar-refractivity contribution in [1.82, 2.24) is 14.2 Å². The van der Waals surface area contributed by atoms with E-state index in [1.54, 1.807) is 0 Å². The lowest BCUT2D eigenvalue weighted by Gasteiger charge is -2.20. The van der Waals surface area contributed by atoms with Crippen LogP contribution in [0.25, 0.3) is 10.1 Å². The molecule has 0 saturated carbocycles. The first-order valence-electron chi connectivity index (χ1n) is 6.70. The summed E-state index contributed by atoms with van der Waals surface area (Å²) in [5.74, 6) is 0. The molecule has 3 rings (SSSR count). The first-order chi connectivity index (χ1) is 9.63. The van der Waals surface area contributed by atoms with Gasteiger partial charge in [0.1, 0.15) is 0 Å². The fourth-order valence-corrected chi connectivity index (χ4v) is 3.13. The molecule has 1 unspecified atom stereocenters. The summed E-state index contributed by atoms with van der Waals surface area (Å²) < 4.78 is 5.28. The number of nitrogens with zero attached hydrogens (tertiary/aromatic N) is 3. The Hall–Kier alpha value is -1.66. The average Bonchev–Trinajstić information content (AvgIpc) is 3.07. The molecule has 0 spiro atoms. The second-order valence-corrected chi connectivity index (χ2v) is 6.19. The number of anilines is 1. The minimum atomic E-state index is -0.0168. The fourth-order valence-electron chi connectivity index (χ4n) is 2.50. The number of hydrogen-bond donors (Lipinski definition) is 1. The summed E-state index contributed by atoms with van der Waals surface area (Å²) in [6.45, 7) is 1.61. The molecule has 1 N–H and O–H groups in total. The molecule has 1 aliphatic rings. The highest BCUT2D eigenvalue weighted by atomic mass is 32.1. The van der Waals surface area contributed by atoms with Gasteiger partial charge in [-0.2, -0.15) is 4.37 Å². The number of carbonyl (C=O) groups excluding carboxylic acids is 1. The molecule has 1 atom stereocenters. The van der Waals surface area contributed by atoms with Crippen molar-refractivity contribution in [2.24, 2.45) is 0 Å². The lowest BCUT2D eigenvalue weighted by molar-refractivity contribution is 0.216. The zero-order chi connectivity index (χ0) is 14.1. The molecule has 1 aliphatic heterocycles. The minimum absolute atomic E-state index is 0.0168. The number of aromatic nitrogens is 1. The van der Waals surface area contributed by atoms with Gasteiger partial charge in [-0.05, 0) is 50.2 Å². The number of hydrogen-bond acceptors (Lipinski definition) is 4. The second kappa shape index (κ2) is 5.38. The predicted molar refractivity (Wildman–Crippen MR) is 82.3 cm³/mol. The van der Waals surface area contributed by atoms with Crippen molar-refractivity contribution in [2.75, 3.05) is 32.5 Å². The molecule has 0 bridgehead atoms. The van der Waals surface area contributed by atoms with E-state index in [2.05, 4.69) is 28.7 Å². The molecule has 2 aromatic rings. The summed E-state index contributed by atoms with van der Waals surface area (Å²) >= 11 is 1.47. The monoisotopic (exact) mass is 290 g/mol. The molecule has 1 aromatic carbocycles. The summed E-state index contributed by atoms with van der Waals surface area (Å²) in [6.07, 6.45) is 2.86. The summed E-state index contributed by atoms with van der Waals surface area (Å²) in [4.78, 5) is 16.3. The number of likely N-dealkylation sites (tertiary alicyclic amines) is 1. The Morgan fingerprint density at radius 2 is 2.35 bits per heavy atom. The minimum Gasteiger partial charge on any atom is -0.323 e. The van der Waals surface area contributed by atoms with E-state index in [4.69, 9.17) is 0 Å². The lowest BCUT2D eigenvalue weighted by atomic mass is 10.2. The molecule has 5 nitrogen and oxygen atoms in total. The lowest BCUT2D eigenvalue weighted by Crippen LogP contribution is -2.36. The molecule has 2 amide bonds. The number of nitrogens with one attached hydrogen (secondary N) is 1. The Balaban J connectivity index is 1.66. The molecule has 0 radical (unpaired) electrons. The van der Waals surface area contributed by atoms with Crippen LogP contribution in [0.5, 0.6) is 0 Å². The number of amides is 2. The predicted octanol–water partition coefficient (Wildman–Crippen LogP) is 2.46. The number of fused-ring (bicyclic) bond motifs is 1. The number of benzene rings is 1. The number of rotatable bonds is 2. The maximum atomic E-state index is 12.2. The molecular weight excluding hydrogens is 272 g/mol. The Kier molecular flexibility index (Phi) is 3.58. The molecule has 2 heterocycles. The van der Waals surface area contributed by atoms with Crippen LogP contribution in [0, 0.1) is 0 Å². The van der Waals surface area contributed by atoms with E-state index in [-0.39, 0.29) is 6.03 Å². The quantitative estimate of drug-likeness (QED) is 0.924. The number of carbonyl (C=O) groups is 1. The van der Waals surface area contributed by atoms with Crippen molar-refractivity contribution >= 4 is 33.3 Å². The molecular formula is C14H18N4OS. The normalized spacial score (nSPS) is 18.9. The van der Waals surface area contributed by atoms with Crippen LogP contribution in [0.4, 0.5) is 10.5 Å². The zero-order valence-corrected chi connectivity index (χ0v) is 12.5. The smallest absolute Gasteiger partial charge is 0.321 e. The third-order valence-electron chi connectivity index (χ3n) is 3.78. The van der Waals surface area contributed by atoms with E-state index in [0.29, 0.717) is 6.04 Å². The van der Waals surface area contributed by atoms with Crippen LogP contribution in [0.1, 0.15) is 6.42 Å². The topological polar surface area (TPSA) is 48.5 Å². The Morgan fingerprint density at radius 1 is 1.50 bits per heavy atom. The molecule has 20 heavy (non-hydrogen) atoms. The molecule has 1 aromatic heterocycles. The highest BCUT2D eigenvalue weighted by molar-refractivity contribution is 7.13. The molecule has 1 saturated heterocycles. The largest absolute Gasteiger partial charge is 0.323 e. The second-order valence-electron chi connectivity index (χ2n) is 5.36. The van der Waals surface area contributed by atoms with Crippen molar-refractivity contribution in [2.45, 2.75) is 12.5 Å². The highest BCUT2D eigenvalue weighted by Crippen LogP contribution is 2.22. The van der Waals surface area contributed by atoms with Crippen LogP contribution in [0.2, 0.25) is 0 Å². The van der Waals surface area contributed by atoms with Gasteiger partial charge < -0.3 is 15.1 Å². The van der Waals surface area contributed by atoms with E-state index < -0.39 is 0 Å². The van der Waals surface area contributed by atoms with Gasteiger partial charge in [0.15, 0.2) is 0 Å². The van der Waals surface area contributed by atoms with Gasteiger partial charge in [-0.25, -0.2) is 4.79 Å². The van der Waals surface area contributed by atoms with E-state index in [1.807, 2.05) is 29.3 Å². The highest BCUT2D eigenvalue weighted by Gasteiger charge is 2.27. The summed E-state index contributed by atoms with van der Waals surface area (Å²) in [7, 11) is 4.12. The first kappa shape index (κ1) is 13.3. The van der Waals surface area contributed by atoms with Gasteiger partial charge in [0.05, 0.1) is 4.70 Å². The van der Waals surface area contributed by atoms with Crippen LogP contribution < -0.4 is 5.32 Å². The van der Waals surface area contributed by atoms with Crippen LogP contribution in [0.15, 0.2) is 24.4 Å². The van der Waals surface area contributed by atoms with Crippen LogP contribution in [0.3, 0.4) is 0 Å². The molecule has 6 heteroatoms.